The van der Waals surface area contributed by atoms with Crippen LogP contribution < -0.4 is 5.73 Å². The van der Waals surface area contributed by atoms with Crippen molar-refractivity contribution in [1.82, 2.24) is 4.98 Å². The summed E-state index contributed by atoms with van der Waals surface area (Å²) in [6.45, 7) is 0. The summed E-state index contributed by atoms with van der Waals surface area (Å²) in [5, 5.41) is 0. The second-order valence-corrected chi connectivity index (χ2v) is 4.98. The number of rotatable bonds is 2. The molecule has 1 aromatic carbocycles. The first-order chi connectivity index (χ1) is 9.25. The first-order valence-electron chi connectivity index (χ1n) is 6.59. The molecule has 2 N–H and O–H groups in total. The van der Waals surface area contributed by atoms with Gasteiger partial charge in [0, 0.05) is 17.4 Å². The zero-order chi connectivity index (χ0) is 13.2. The molecule has 19 heavy (non-hydrogen) atoms. The summed E-state index contributed by atoms with van der Waals surface area (Å²) in [4.78, 5) is 17.0. The molecule has 2 aromatic rings. The van der Waals surface area contributed by atoms with E-state index in [-0.39, 0.29) is 11.7 Å². The summed E-state index contributed by atoms with van der Waals surface area (Å²) in [5.41, 5.74) is 9.21. The Hall–Kier alpha value is -2.16. The molecular weight excluding hydrogens is 236 g/mol. The predicted octanol–water partition coefficient (Wildman–Crippen LogP) is 2.97. The first kappa shape index (κ1) is 11.9. The topological polar surface area (TPSA) is 56.0 Å². The van der Waals surface area contributed by atoms with E-state index in [1.54, 1.807) is 18.3 Å². The molecule has 3 heteroatoms. The van der Waals surface area contributed by atoms with Crippen LogP contribution in [0.3, 0.4) is 0 Å². The Morgan fingerprint density at radius 1 is 1.26 bits per heavy atom. The molecule has 0 saturated heterocycles. The molecule has 0 saturated carbocycles. The van der Waals surface area contributed by atoms with E-state index in [1.807, 2.05) is 18.2 Å². The maximum atomic E-state index is 12.6. The summed E-state index contributed by atoms with van der Waals surface area (Å²) >= 11 is 0. The molecule has 1 aliphatic carbocycles. The number of nitrogen functional groups attached to an aromatic ring is 1. The normalized spacial score (nSPS) is 17.8. The lowest BCUT2D eigenvalue weighted by atomic mass is 9.82. The van der Waals surface area contributed by atoms with Crippen molar-refractivity contribution >= 4 is 11.5 Å². The summed E-state index contributed by atoms with van der Waals surface area (Å²) in [5.74, 6) is 0.0127. The van der Waals surface area contributed by atoms with Gasteiger partial charge in [-0.05, 0) is 43.0 Å². The third-order valence-electron chi connectivity index (χ3n) is 3.68. The fourth-order valence-corrected chi connectivity index (χ4v) is 2.76. The van der Waals surface area contributed by atoms with Gasteiger partial charge in [-0.2, -0.15) is 0 Å². The van der Waals surface area contributed by atoms with Crippen molar-refractivity contribution in [2.75, 3.05) is 5.73 Å². The summed E-state index contributed by atoms with van der Waals surface area (Å²) in [7, 11) is 0. The highest BCUT2D eigenvalue weighted by Gasteiger charge is 2.28. The van der Waals surface area contributed by atoms with Crippen LogP contribution in [0.5, 0.6) is 0 Å². The van der Waals surface area contributed by atoms with Crippen molar-refractivity contribution in [1.29, 1.82) is 0 Å². The molecule has 96 valence electrons. The number of aryl methyl sites for hydroxylation is 1. The highest BCUT2D eigenvalue weighted by Crippen LogP contribution is 2.32. The lowest BCUT2D eigenvalue weighted by molar-refractivity contribution is 0.0949. The Labute approximate surface area is 112 Å². The maximum absolute atomic E-state index is 12.6. The number of aromatic nitrogens is 1. The molecule has 3 rings (SSSR count). The van der Waals surface area contributed by atoms with Gasteiger partial charge < -0.3 is 5.73 Å². The fourth-order valence-electron chi connectivity index (χ4n) is 2.76. The Morgan fingerprint density at radius 2 is 2.16 bits per heavy atom. The molecular formula is C16H16N2O. The molecule has 1 unspecified atom stereocenters. The van der Waals surface area contributed by atoms with Crippen LogP contribution in [-0.4, -0.2) is 10.8 Å². The number of Topliss-reactive ketones (excluding diaryl/α,β-unsaturated/α-hetero) is 1. The minimum absolute atomic E-state index is 0.119. The van der Waals surface area contributed by atoms with Crippen LogP contribution in [0.4, 0.5) is 5.69 Å². The molecule has 0 amide bonds. The molecule has 0 radical (unpaired) electrons. The van der Waals surface area contributed by atoms with Crippen LogP contribution in [0, 0.1) is 0 Å². The Morgan fingerprint density at radius 3 is 3.00 bits per heavy atom. The molecule has 0 spiro atoms. The average molecular weight is 252 g/mol. The summed E-state index contributed by atoms with van der Waals surface area (Å²) < 4.78 is 0. The highest BCUT2D eigenvalue weighted by molar-refractivity contribution is 6.01. The quantitative estimate of drug-likeness (QED) is 0.660. The minimum Gasteiger partial charge on any atom is -0.399 e. The molecule has 3 nitrogen and oxygen atoms in total. The van der Waals surface area contributed by atoms with Gasteiger partial charge >= 0.3 is 0 Å². The number of ketones is 1. The standard InChI is InChI=1S/C16H16N2O/c17-13-7-1-5-12(10-13)16(19)14-8-2-4-11-6-3-9-18-15(11)14/h1,3,5-7,9-10,14H,2,4,8,17H2. The predicted molar refractivity (Wildman–Crippen MR) is 75.1 cm³/mol. The smallest absolute Gasteiger partial charge is 0.171 e. The Kier molecular flexibility index (Phi) is 3.03. The highest BCUT2D eigenvalue weighted by atomic mass is 16.1. The third kappa shape index (κ3) is 2.24. The largest absolute Gasteiger partial charge is 0.399 e. The lowest BCUT2D eigenvalue weighted by Crippen LogP contribution is -2.20. The Bertz CT molecular complexity index is 622. The number of pyridine rings is 1. The molecule has 1 aliphatic rings. The van der Waals surface area contributed by atoms with Gasteiger partial charge in [-0.1, -0.05) is 18.2 Å². The fraction of sp³-hybridized carbons (Fsp3) is 0.250. The van der Waals surface area contributed by atoms with Gasteiger partial charge in [0.15, 0.2) is 5.78 Å². The van der Waals surface area contributed by atoms with Crippen LogP contribution in [0.15, 0.2) is 42.6 Å². The summed E-state index contributed by atoms with van der Waals surface area (Å²) in [6.07, 6.45) is 4.70. The van der Waals surface area contributed by atoms with Gasteiger partial charge in [0.25, 0.3) is 0 Å². The molecule has 0 fully saturated rings. The SMILES string of the molecule is Nc1cccc(C(=O)C2CCCc3cccnc32)c1. The van der Waals surface area contributed by atoms with Gasteiger partial charge in [0.1, 0.15) is 0 Å². The van der Waals surface area contributed by atoms with Crippen molar-refractivity contribution in [3.63, 3.8) is 0 Å². The Balaban J connectivity index is 1.98. The van der Waals surface area contributed by atoms with Crippen LogP contribution in [0.25, 0.3) is 0 Å². The van der Waals surface area contributed by atoms with Crippen molar-refractivity contribution < 1.29 is 4.79 Å². The van der Waals surface area contributed by atoms with E-state index in [2.05, 4.69) is 11.1 Å². The molecule has 1 atom stereocenters. The monoisotopic (exact) mass is 252 g/mol. The molecule has 0 aliphatic heterocycles. The molecule has 0 bridgehead atoms. The molecule has 1 heterocycles. The number of fused-ring (bicyclic) bond motifs is 1. The van der Waals surface area contributed by atoms with Crippen LogP contribution >= 0.6 is 0 Å². The average Bonchev–Trinajstić information content (AvgIpc) is 2.46. The molecule has 1 aromatic heterocycles. The number of benzene rings is 1. The maximum Gasteiger partial charge on any atom is 0.171 e. The second kappa shape index (κ2) is 4.84. The van der Waals surface area contributed by atoms with Crippen molar-refractivity contribution in [2.45, 2.75) is 25.2 Å². The van der Waals surface area contributed by atoms with E-state index < -0.39 is 0 Å². The number of nitrogens with two attached hydrogens (primary N) is 1. The van der Waals surface area contributed by atoms with Crippen LogP contribution in [0.2, 0.25) is 0 Å². The van der Waals surface area contributed by atoms with Crippen molar-refractivity contribution in [2.24, 2.45) is 0 Å². The second-order valence-electron chi connectivity index (χ2n) is 4.98. The van der Waals surface area contributed by atoms with Gasteiger partial charge in [-0.25, -0.2) is 0 Å². The third-order valence-corrected chi connectivity index (χ3v) is 3.68. The van der Waals surface area contributed by atoms with Crippen LogP contribution in [0.1, 0.15) is 40.4 Å². The number of hydrogen-bond acceptors (Lipinski definition) is 3. The number of nitrogens with zero attached hydrogens (tertiary/aromatic N) is 1. The van der Waals surface area contributed by atoms with Crippen LogP contribution in [-0.2, 0) is 6.42 Å². The lowest BCUT2D eigenvalue weighted by Gasteiger charge is -2.23. The number of carbonyl (C=O) groups excluding carboxylic acids is 1. The van der Waals surface area contributed by atoms with E-state index in [1.165, 1.54) is 5.56 Å². The number of carbonyl (C=O) groups is 1. The zero-order valence-corrected chi connectivity index (χ0v) is 10.7. The van der Waals surface area contributed by atoms with E-state index >= 15 is 0 Å². The minimum atomic E-state index is -0.119. The van der Waals surface area contributed by atoms with E-state index in [4.69, 9.17) is 5.73 Å². The summed E-state index contributed by atoms with van der Waals surface area (Å²) in [6, 6.07) is 11.2. The number of anilines is 1. The number of hydrogen-bond donors (Lipinski definition) is 1. The van der Waals surface area contributed by atoms with Gasteiger partial charge in [-0.3, -0.25) is 9.78 Å². The van der Waals surface area contributed by atoms with E-state index in [9.17, 15) is 4.79 Å². The van der Waals surface area contributed by atoms with Gasteiger partial charge in [0.05, 0.1) is 11.6 Å². The van der Waals surface area contributed by atoms with E-state index in [0.717, 1.165) is 25.0 Å². The zero-order valence-electron chi connectivity index (χ0n) is 10.7. The first-order valence-corrected chi connectivity index (χ1v) is 6.59. The van der Waals surface area contributed by atoms with Crippen molar-refractivity contribution in [3.8, 4) is 0 Å². The van der Waals surface area contributed by atoms with Gasteiger partial charge in [-0.15, -0.1) is 0 Å². The van der Waals surface area contributed by atoms with Gasteiger partial charge in [0.2, 0.25) is 0 Å². The van der Waals surface area contributed by atoms with E-state index in [0.29, 0.717) is 11.3 Å². The van der Waals surface area contributed by atoms with Crippen molar-refractivity contribution in [3.05, 3.63) is 59.4 Å².